The number of halogens is 4. The second kappa shape index (κ2) is 10.6. The van der Waals surface area contributed by atoms with Crippen LogP contribution in [0, 0.1) is 5.82 Å². The number of sulfone groups is 1. The Hall–Kier alpha value is -1.88. The van der Waals surface area contributed by atoms with Gasteiger partial charge in [-0.2, -0.15) is 13.2 Å². The van der Waals surface area contributed by atoms with Crippen molar-refractivity contribution in [1.82, 2.24) is 15.5 Å². The molecule has 0 saturated carbocycles. The van der Waals surface area contributed by atoms with Gasteiger partial charge in [0.25, 0.3) is 0 Å². The third-order valence-electron chi connectivity index (χ3n) is 3.71. The molecule has 28 heavy (non-hydrogen) atoms. The van der Waals surface area contributed by atoms with E-state index in [1.807, 2.05) is 0 Å². The SMILES string of the molecule is CN=C(NCCCN(C)CC(F)(F)F)NCc1cc(F)ccc1CS(C)(=O)=O. The molecular formula is C17H26F4N4O2S. The lowest BCUT2D eigenvalue weighted by Crippen LogP contribution is -2.39. The number of guanidine groups is 1. The maximum absolute atomic E-state index is 13.5. The lowest BCUT2D eigenvalue weighted by molar-refractivity contribution is -0.143. The van der Waals surface area contributed by atoms with Gasteiger partial charge >= 0.3 is 6.18 Å². The van der Waals surface area contributed by atoms with Gasteiger partial charge in [0, 0.05) is 26.4 Å². The normalized spacial score (nSPS) is 13.1. The summed E-state index contributed by atoms with van der Waals surface area (Å²) in [6, 6.07) is 3.89. The van der Waals surface area contributed by atoms with Gasteiger partial charge in [-0.3, -0.25) is 9.89 Å². The highest BCUT2D eigenvalue weighted by molar-refractivity contribution is 7.89. The van der Waals surface area contributed by atoms with E-state index in [1.165, 1.54) is 37.2 Å². The van der Waals surface area contributed by atoms with Crippen LogP contribution in [0.1, 0.15) is 17.5 Å². The van der Waals surface area contributed by atoms with Crippen molar-refractivity contribution in [3.8, 4) is 0 Å². The van der Waals surface area contributed by atoms with Crippen LogP contribution in [0.3, 0.4) is 0 Å². The number of nitrogens with zero attached hydrogens (tertiary/aromatic N) is 2. The van der Waals surface area contributed by atoms with Gasteiger partial charge in [-0.15, -0.1) is 0 Å². The van der Waals surface area contributed by atoms with Crippen molar-refractivity contribution < 1.29 is 26.0 Å². The molecule has 11 heteroatoms. The molecule has 0 heterocycles. The quantitative estimate of drug-likeness (QED) is 0.273. The molecule has 6 nitrogen and oxygen atoms in total. The average molecular weight is 426 g/mol. The maximum Gasteiger partial charge on any atom is 0.401 e. The van der Waals surface area contributed by atoms with E-state index in [0.717, 1.165) is 6.26 Å². The van der Waals surface area contributed by atoms with Gasteiger partial charge < -0.3 is 10.6 Å². The third-order valence-corrected chi connectivity index (χ3v) is 4.55. The summed E-state index contributed by atoms with van der Waals surface area (Å²) < 4.78 is 73.4. The first kappa shape index (κ1) is 24.2. The number of nitrogens with one attached hydrogen (secondary N) is 2. The Kier molecular flexibility index (Phi) is 9.15. The third kappa shape index (κ3) is 10.5. The molecular weight excluding hydrogens is 400 g/mol. The number of benzene rings is 1. The molecule has 0 radical (unpaired) electrons. The van der Waals surface area contributed by atoms with Crippen molar-refractivity contribution in [2.24, 2.45) is 4.99 Å². The Labute approximate surface area is 162 Å². The number of hydrogen-bond donors (Lipinski definition) is 2. The molecule has 0 unspecified atom stereocenters. The molecule has 1 rings (SSSR count). The number of hydrogen-bond acceptors (Lipinski definition) is 4. The first-order chi connectivity index (χ1) is 12.9. The molecule has 1 aromatic carbocycles. The highest BCUT2D eigenvalue weighted by atomic mass is 32.2. The zero-order valence-corrected chi connectivity index (χ0v) is 16.9. The molecule has 0 fully saturated rings. The van der Waals surface area contributed by atoms with E-state index < -0.39 is 28.4 Å². The van der Waals surface area contributed by atoms with E-state index in [2.05, 4.69) is 15.6 Å². The van der Waals surface area contributed by atoms with Gasteiger partial charge in [0.15, 0.2) is 15.8 Å². The minimum absolute atomic E-state index is 0.149. The summed E-state index contributed by atoms with van der Waals surface area (Å²) in [5.41, 5.74) is 0.971. The Morgan fingerprint density at radius 3 is 2.46 bits per heavy atom. The Balaban J connectivity index is 2.53. The summed E-state index contributed by atoms with van der Waals surface area (Å²) in [5, 5.41) is 5.91. The summed E-state index contributed by atoms with van der Waals surface area (Å²) in [7, 11) is -0.358. The van der Waals surface area contributed by atoms with Crippen LogP contribution in [-0.4, -0.2) is 65.4 Å². The van der Waals surface area contributed by atoms with Crippen molar-refractivity contribution >= 4 is 15.8 Å². The Morgan fingerprint density at radius 2 is 1.89 bits per heavy atom. The van der Waals surface area contributed by atoms with Gasteiger partial charge in [0.1, 0.15) is 5.82 Å². The molecule has 160 valence electrons. The van der Waals surface area contributed by atoms with Crippen molar-refractivity contribution in [3.05, 3.63) is 35.1 Å². The minimum Gasteiger partial charge on any atom is -0.356 e. The van der Waals surface area contributed by atoms with Crippen LogP contribution in [-0.2, 0) is 22.1 Å². The van der Waals surface area contributed by atoms with Gasteiger partial charge in [0.05, 0.1) is 12.3 Å². The summed E-state index contributed by atoms with van der Waals surface area (Å²) in [4.78, 5) is 5.18. The number of rotatable bonds is 9. The molecule has 0 amide bonds. The smallest absolute Gasteiger partial charge is 0.356 e. The van der Waals surface area contributed by atoms with Gasteiger partial charge in [-0.05, 0) is 43.3 Å². The monoisotopic (exact) mass is 426 g/mol. The van der Waals surface area contributed by atoms with Crippen molar-refractivity contribution in [1.29, 1.82) is 0 Å². The van der Waals surface area contributed by atoms with Crippen LogP contribution in [0.2, 0.25) is 0 Å². The van der Waals surface area contributed by atoms with Crippen LogP contribution in [0.15, 0.2) is 23.2 Å². The molecule has 0 atom stereocenters. The molecule has 1 aromatic rings. The fourth-order valence-electron chi connectivity index (χ4n) is 2.52. The first-order valence-corrected chi connectivity index (χ1v) is 10.6. The number of aliphatic imine (C=N–C) groups is 1. The van der Waals surface area contributed by atoms with E-state index in [0.29, 0.717) is 30.1 Å². The molecule has 0 spiro atoms. The Bertz CT molecular complexity index is 767. The van der Waals surface area contributed by atoms with Crippen molar-refractivity contribution in [3.63, 3.8) is 0 Å². The number of alkyl halides is 3. The highest BCUT2D eigenvalue weighted by Crippen LogP contribution is 2.16. The van der Waals surface area contributed by atoms with E-state index >= 15 is 0 Å². The standard InChI is InChI=1S/C17H26F4N4O2S/c1-22-16(23-7-4-8-25(2)12-17(19,20)21)24-10-14-9-15(18)6-5-13(14)11-28(3,26)27/h5-6,9H,4,7-8,10-12H2,1-3H3,(H2,22,23,24). The second-order valence-electron chi connectivity index (χ2n) is 6.54. The second-order valence-corrected chi connectivity index (χ2v) is 8.68. The predicted octanol–water partition coefficient (Wildman–Crippen LogP) is 1.92. The average Bonchev–Trinajstić information content (AvgIpc) is 2.53. The van der Waals surface area contributed by atoms with E-state index in [1.54, 1.807) is 0 Å². The summed E-state index contributed by atoms with van der Waals surface area (Å²) in [5.74, 6) is -0.306. The summed E-state index contributed by atoms with van der Waals surface area (Å²) >= 11 is 0. The van der Waals surface area contributed by atoms with E-state index in [9.17, 15) is 26.0 Å². The largest absolute Gasteiger partial charge is 0.401 e. The van der Waals surface area contributed by atoms with Crippen LogP contribution in [0.25, 0.3) is 0 Å². The predicted molar refractivity (Wildman–Crippen MR) is 101 cm³/mol. The van der Waals surface area contributed by atoms with Crippen molar-refractivity contribution in [2.45, 2.75) is 24.9 Å². The van der Waals surface area contributed by atoms with Gasteiger partial charge in [-0.25, -0.2) is 12.8 Å². The van der Waals surface area contributed by atoms with Gasteiger partial charge in [0.2, 0.25) is 0 Å². The molecule has 0 aromatic heterocycles. The van der Waals surface area contributed by atoms with Crippen molar-refractivity contribution in [2.75, 3.05) is 40.0 Å². The van der Waals surface area contributed by atoms with Gasteiger partial charge in [-0.1, -0.05) is 6.07 Å². The lowest BCUT2D eigenvalue weighted by atomic mass is 10.1. The molecule has 0 bridgehead atoms. The lowest BCUT2D eigenvalue weighted by Gasteiger charge is -2.19. The zero-order valence-electron chi connectivity index (χ0n) is 16.1. The topological polar surface area (TPSA) is 73.8 Å². The Morgan fingerprint density at radius 1 is 1.21 bits per heavy atom. The summed E-state index contributed by atoms with van der Waals surface area (Å²) in [6.07, 6.45) is -2.66. The first-order valence-electron chi connectivity index (χ1n) is 8.54. The summed E-state index contributed by atoms with van der Waals surface area (Å²) in [6.45, 7) is -0.175. The maximum atomic E-state index is 13.5. The fourth-order valence-corrected chi connectivity index (χ4v) is 3.37. The molecule has 0 saturated heterocycles. The highest BCUT2D eigenvalue weighted by Gasteiger charge is 2.28. The fraction of sp³-hybridized carbons (Fsp3) is 0.588. The molecule has 2 N–H and O–H groups in total. The zero-order chi connectivity index (χ0) is 21.4. The van der Waals surface area contributed by atoms with Crippen LogP contribution in [0.4, 0.5) is 17.6 Å². The van der Waals surface area contributed by atoms with E-state index in [4.69, 9.17) is 0 Å². The van der Waals surface area contributed by atoms with E-state index in [-0.39, 0.29) is 18.8 Å². The minimum atomic E-state index is -4.23. The molecule has 0 aliphatic rings. The van der Waals surface area contributed by atoms with Crippen LogP contribution < -0.4 is 10.6 Å². The van der Waals surface area contributed by atoms with Crippen LogP contribution >= 0.6 is 0 Å². The van der Waals surface area contributed by atoms with Crippen LogP contribution in [0.5, 0.6) is 0 Å². The molecule has 0 aliphatic carbocycles. The molecule has 0 aliphatic heterocycles.